The molecule has 1 aromatic heterocycles. The molecule has 20 heavy (non-hydrogen) atoms. The Kier molecular flexibility index (Phi) is 4.09. The lowest BCUT2D eigenvalue weighted by Gasteiger charge is -2.10. The number of hydrogen-bond donors (Lipinski definition) is 2. The van der Waals surface area contributed by atoms with E-state index in [1.165, 1.54) is 25.7 Å². The zero-order valence-electron chi connectivity index (χ0n) is 11.1. The second-order valence-electron chi connectivity index (χ2n) is 4.05. The predicted molar refractivity (Wildman–Crippen MR) is 75.5 cm³/mol. The van der Waals surface area contributed by atoms with Gasteiger partial charge in [0.15, 0.2) is 0 Å². The maximum atomic E-state index is 13.7. The van der Waals surface area contributed by atoms with Crippen molar-refractivity contribution < 1.29 is 9.23 Å². The average molecular weight is 275 g/mol. The number of aromatic nitrogens is 2. The Balaban J connectivity index is 2.40. The average Bonchev–Trinajstić information content (AvgIpc) is 2.42. The van der Waals surface area contributed by atoms with E-state index < -0.39 is 0 Å². The monoisotopic (exact) mass is 275 g/mol. The lowest BCUT2D eigenvalue weighted by molar-refractivity contribution is 0.215. The Morgan fingerprint density at radius 3 is 2.95 bits per heavy atom. The fourth-order valence-electron chi connectivity index (χ4n) is 1.60. The molecule has 1 heterocycles. The minimum absolute atomic E-state index is 0.219. The van der Waals surface area contributed by atoms with E-state index in [4.69, 9.17) is 5.73 Å². The number of oxime groups is 1. The van der Waals surface area contributed by atoms with Crippen LogP contribution in [-0.4, -0.2) is 23.3 Å². The first-order chi connectivity index (χ1) is 9.61. The Morgan fingerprint density at radius 1 is 1.40 bits per heavy atom. The normalized spacial score (nSPS) is 10.8. The van der Waals surface area contributed by atoms with Gasteiger partial charge in [0, 0.05) is 0 Å². The molecule has 0 bridgehead atoms. The third kappa shape index (κ3) is 3.00. The van der Waals surface area contributed by atoms with Crippen LogP contribution in [-0.2, 0) is 4.84 Å². The zero-order chi connectivity index (χ0) is 14.5. The summed E-state index contributed by atoms with van der Waals surface area (Å²) in [4.78, 5) is 12.5. The number of anilines is 3. The van der Waals surface area contributed by atoms with Gasteiger partial charge < -0.3 is 15.9 Å². The quantitative estimate of drug-likeness (QED) is 0.660. The van der Waals surface area contributed by atoms with Crippen molar-refractivity contribution in [2.45, 2.75) is 6.92 Å². The number of nitrogens with one attached hydrogen (secondary N) is 1. The van der Waals surface area contributed by atoms with Crippen molar-refractivity contribution >= 4 is 23.5 Å². The van der Waals surface area contributed by atoms with Gasteiger partial charge in [-0.2, -0.15) is 0 Å². The van der Waals surface area contributed by atoms with E-state index in [0.29, 0.717) is 17.1 Å². The number of nitrogen functional groups attached to an aromatic ring is 1. The molecule has 0 amide bonds. The van der Waals surface area contributed by atoms with Crippen molar-refractivity contribution in [1.29, 1.82) is 0 Å². The molecule has 0 unspecified atom stereocenters. The standard InChI is InChI=1S/C13H14FN5O/c1-8-3-4-10(14)11(5-8)19-13-9(6-18-20-2)12(15)16-7-17-13/h3-7H,1-2H3,(H3,15,16,17,19)/b18-6+. The number of nitrogens with zero attached hydrogens (tertiary/aromatic N) is 3. The summed E-state index contributed by atoms with van der Waals surface area (Å²) in [5, 5.41) is 6.50. The molecule has 0 aliphatic heterocycles. The van der Waals surface area contributed by atoms with Gasteiger partial charge >= 0.3 is 0 Å². The van der Waals surface area contributed by atoms with Gasteiger partial charge in [-0.05, 0) is 24.6 Å². The first-order valence-electron chi connectivity index (χ1n) is 5.82. The molecule has 2 aromatic rings. The van der Waals surface area contributed by atoms with E-state index in [-0.39, 0.29) is 11.6 Å². The minimum atomic E-state index is -0.387. The van der Waals surface area contributed by atoms with Gasteiger partial charge in [0.1, 0.15) is 30.9 Å². The van der Waals surface area contributed by atoms with Crippen LogP contribution in [0, 0.1) is 12.7 Å². The molecule has 0 saturated carbocycles. The van der Waals surface area contributed by atoms with Crippen LogP contribution in [0.3, 0.4) is 0 Å². The molecule has 0 saturated heterocycles. The molecule has 6 nitrogen and oxygen atoms in total. The number of nitrogens with two attached hydrogens (primary N) is 1. The molecular formula is C13H14FN5O. The summed E-state index contributed by atoms with van der Waals surface area (Å²) in [7, 11) is 1.41. The second-order valence-corrected chi connectivity index (χ2v) is 4.05. The molecule has 0 aliphatic rings. The van der Waals surface area contributed by atoms with Gasteiger partial charge in [-0.15, -0.1) is 0 Å². The van der Waals surface area contributed by atoms with E-state index in [2.05, 4.69) is 25.3 Å². The summed E-state index contributed by atoms with van der Waals surface area (Å²) >= 11 is 0. The van der Waals surface area contributed by atoms with E-state index in [0.717, 1.165) is 5.56 Å². The third-order valence-corrected chi connectivity index (χ3v) is 2.58. The van der Waals surface area contributed by atoms with Gasteiger partial charge in [0.05, 0.1) is 17.5 Å². The van der Waals surface area contributed by atoms with Crippen LogP contribution >= 0.6 is 0 Å². The van der Waals surface area contributed by atoms with Crippen molar-refractivity contribution in [1.82, 2.24) is 9.97 Å². The second kappa shape index (κ2) is 5.96. The number of aryl methyl sites for hydroxylation is 1. The highest BCUT2D eigenvalue weighted by Gasteiger charge is 2.10. The number of halogens is 1. The van der Waals surface area contributed by atoms with E-state index in [1.54, 1.807) is 12.1 Å². The summed E-state index contributed by atoms with van der Waals surface area (Å²) in [5.74, 6) is 0.182. The van der Waals surface area contributed by atoms with Crippen LogP contribution in [0.4, 0.5) is 21.7 Å². The molecule has 3 N–H and O–H groups in total. The van der Waals surface area contributed by atoms with Gasteiger partial charge in [-0.25, -0.2) is 14.4 Å². The highest BCUT2D eigenvalue weighted by molar-refractivity contribution is 5.92. The zero-order valence-corrected chi connectivity index (χ0v) is 11.1. The maximum Gasteiger partial charge on any atom is 0.146 e. The number of rotatable bonds is 4. The Bertz CT molecular complexity index is 645. The van der Waals surface area contributed by atoms with E-state index >= 15 is 0 Å². The Hall–Kier alpha value is -2.70. The first kappa shape index (κ1) is 13.7. The molecule has 0 spiro atoms. The molecule has 104 valence electrons. The topological polar surface area (TPSA) is 85.4 Å². The summed E-state index contributed by atoms with van der Waals surface area (Å²) in [6, 6.07) is 4.73. The van der Waals surface area contributed by atoms with Gasteiger partial charge in [0.25, 0.3) is 0 Å². The minimum Gasteiger partial charge on any atom is -0.399 e. The van der Waals surface area contributed by atoms with Crippen molar-refractivity contribution in [3.05, 3.63) is 41.5 Å². The lowest BCUT2D eigenvalue weighted by Crippen LogP contribution is -2.06. The van der Waals surface area contributed by atoms with Crippen LogP contribution in [0.5, 0.6) is 0 Å². The summed E-state index contributed by atoms with van der Waals surface area (Å²) < 4.78 is 13.7. The van der Waals surface area contributed by atoms with Gasteiger partial charge in [-0.3, -0.25) is 0 Å². The number of hydrogen-bond acceptors (Lipinski definition) is 6. The first-order valence-corrected chi connectivity index (χ1v) is 5.82. The molecule has 0 aliphatic carbocycles. The smallest absolute Gasteiger partial charge is 0.146 e. The predicted octanol–water partition coefficient (Wildman–Crippen LogP) is 2.23. The summed E-state index contributed by atoms with van der Waals surface area (Å²) in [5.41, 5.74) is 7.40. The van der Waals surface area contributed by atoms with Gasteiger partial charge in [0.2, 0.25) is 0 Å². The van der Waals surface area contributed by atoms with Crippen molar-refractivity contribution in [3.63, 3.8) is 0 Å². The van der Waals surface area contributed by atoms with Gasteiger partial charge in [-0.1, -0.05) is 11.2 Å². The fourth-order valence-corrected chi connectivity index (χ4v) is 1.60. The highest BCUT2D eigenvalue weighted by Crippen LogP contribution is 2.23. The van der Waals surface area contributed by atoms with Crippen LogP contribution in [0.2, 0.25) is 0 Å². The largest absolute Gasteiger partial charge is 0.399 e. The summed E-state index contributed by atoms with van der Waals surface area (Å²) in [6.45, 7) is 1.87. The van der Waals surface area contributed by atoms with Crippen molar-refractivity contribution in [2.75, 3.05) is 18.2 Å². The fraction of sp³-hybridized carbons (Fsp3) is 0.154. The molecule has 0 atom stereocenters. The van der Waals surface area contributed by atoms with Crippen LogP contribution in [0.25, 0.3) is 0 Å². The number of benzene rings is 1. The third-order valence-electron chi connectivity index (χ3n) is 2.58. The Labute approximate surface area is 115 Å². The van der Waals surface area contributed by atoms with E-state index in [1.807, 2.05) is 6.92 Å². The molecule has 2 rings (SSSR count). The molecular weight excluding hydrogens is 261 g/mol. The van der Waals surface area contributed by atoms with Crippen molar-refractivity contribution in [3.8, 4) is 0 Å². The molecule has 0 fully saturated rings. The highest BCUT2D eigenvalue weighted by atomic mass is 19.1. The molecule has 0 radical (unpaired) electrons. The maximum absolute atomic E-state index is 13.7. The lowest BCUT2D eigenvalue weighted by atomic mass is 10.2. The summed E-state index contributed by atoms with van der Waals surface area (Å²) in [6.07, 6.45) is 2.65. The molecule has 1 aromatic carbocycles. The van der Waals surface area contributed by atoms with Crippen molar-refractivity contribution in [2.24, 2.45) is 5.16 Å². The van der Waals surface area contributed by atoms with E-state index in [9.17, 15) is 4.39 Å². The molecule has 7 heteroatoms. The van der Waals surface area contributed by atoms with Crippen LogP contribution < -0.4 is 11.1 Å². The SMILES string of the molecule is CO/N=C/c1c(N)ncnc1Nc1cc(C)ccc1F. The Morgan fingerprint density at radius 2 is 2.20 bits per heavy atom. The van der Waals surface area contributed by atoms with Crippen LogP contribution in [0.15, 0.2) is 29.7 Å². The van der Waals surface area contributed by atoms with Crippen LogP contribution in [0.1, 0.15) is 11.1 Å².